The third kappa shape index (κ3) is 2.91. The minimum absolute atomic E-state index is 0.303. The topological polar surface area (TPSA) is 61.5 Å². The highest BCUT2D eigenvalue weighted by molar-refractivity contribution is 5.94. The van der Waals surface area contributed by atoms with E-state index in [0.717, 1.165) is 5.56 Å². The van der Waals surface area contributed by atoms with Crippen molar-refractivity contribution in [3.05, 3.63) is 53.6 Å². The van der Waals surface area contributed by atoms with E-state index >= 15 is 0 Å². The van der Waals surface area contributed by atoms with Crippen LogP contribution in [0, 0.1) is 6.92 Å². The van der Waals surface area contributed by atoms with Gasteiger partial charge in [-0.2, -0.15) is 0 Å². The number of benzene rings is 2. The van der Waals surface area contributed by atoms with Crippen LogP contribution in [0.3, 0.4) is 0 Å². The minimum Gasteiger partial charge on any atom is -0.462 e. The summed E-state index contributed by atoms with van der Waals surface area (Å²) in [5.74, 6) is 0.555. The molecule has 0 unspecified atom stereocenters. The monoisotopic (exact) mass is 271 g/mol. The Morgan fingerprint density at radius 3 is 2.60 bits per heavy atom. The number of esters is 1. The van der Waals surface area contributed by atoms with E-state index in [1.807, 2.05) is 31.2 Å². The first-order valence-corrected chi connectivity index (χ1v) is 6.42. The zero-order valence-corrected chi connectivity index (χ0v) is 11.6. The van der Waals surface area contributed by atoms with E-state index in [0.29, 0.717) is 29.4 Å². The Morgan fingerprint density at radius 2 is 1.90 bits per heavy atom. The van der Waals surface area contributed by atoms with E-state index in [-0.39, 0.29) is 0 Å². The van der Waals surface area contributed by atoms with Crippen LogP contribution in [0.1, 0.15) is 22.8 Å². The maximum Gasteiger partial charge on any atom is 0.342 e. The molecular formula is C16H17NO3. The molecule has 20 heavy (non-hydrogen) atoms. The molecule has 0 spiro atoms. The number of nitrogens with two attached hydrogens (primary N) is 1. The van der Waals surface area contributed by atoms with Crippen LogP contribution >= 0.6 is 0 Å². The van der Waals surface area contributed by atoms with Crippen molar-refractivity contribution in [2.45, 2.75) is 13.8 Å². The van der Waals surface area contributed by atoms with Gasteiger partial charge >= 0.3 is 5.97 Å². The number of carbonyl (C=O) groups excluding carboxylic acids is 1. The molecule has 0 aliphatic rings. The number of ether oxygens (including phenoxy) is 2. The van der Waals surface area contributed by atoms with Gasteiger partial charge in [-0.15, -0.1) is 0 Å². The van der Waals surface area contributed by atoms with Gasteiger partial charge in [-0.3, -0.25) is 0 Å². The van der Waals surface area contributed by atoms with Crippen molar-refractivity contribution in [2.24, 2.45) is 0 Å². The number of nitrogen functional groups attached to an aromatic ring is 1. The molecule has 0 saturated carbocycles. The molecule has 4 nitrogen and oxygen atoms in total. The van der Waals surface area contributed by atoms with Gasteiger partial charge in [0.25, 0.3) is 0 Å². The van der Waals surface area contributed by atoms with Crippen molar-refractivity contribution < 1.29 is 14.3 Å². The van der Waals surface area contributed by atoms with Gasteiger partial charge in [-0.25, -0.2) is 4.79 Å². The highest BCUT2D eigenvalue weighted by Gasteiger charge is 2.17. The maximum absolute atomic E-state index is 11.9. The number of aryl methyl sites for hydroxylation is 1. The lowest BCUT2D eigenvalue weighted by atomic mass is 10.1. The Kier molecular flexibility index (Phi) is 4.25. The summed E-state index contributed by atoms with van der Waals surface area (Å²) in [6.45, 7) is 3.99. The van der Waals surface area contributed by atoms with Crippen LogP contribution in [0.15, 0.2) is 42.5 Å². The van der Waals surface area contributed by atoms with Crippen LogP contribution in [0.4, 0.5) is 5.69 Å². The highest BCUT2D eigenvalue weighted by Crippen LogP contribution is 2.33. The molecule has 0 aliphatic carbocycles. The number of anilines is 1. The molecule has 2 aromatic carbocycles. The van der Waals surface area contributed by atoms with Gasteiger partial charge in [0.15, 0.2) is 5.75 Å². The van der Waals surface area contributed by atoms with Gasteiger partial charge in [0.1, 0.15) is 11.3 Å². The SMILES string of the molecule is CCOC(=O)c1cccc(N)c1Oc1ccccc1C. The van der Waals surface area contributed by atoms with Crippen molar-refractivity contribution >= 4 is 11.7 Å². The number of rotatable bonds is 4. The molecule has 0 radical (unpaired) electrons. The first-order chi connectivity index (χ1) is 9.63. The third-order valence-electron chi connectivity index (χ3n) is 2.85. The summed E-state index contributed by atoms with van der Waals surface area (Å²) in [7, 11) is 0. The number of hydrogen-bond acceptors (Lipinski definition) is 4. The molecule has 0 fully saturated rings. The molecular weight excluding hydrogens is 254 g/mol. The molecule has 0 bridgehead atoms. The van der Waals surface area contributed by atoms with Gasteiger partial charge < -0.3 is 15.2 Å². The van der Waals surface area contributed by atoms with Crippen molar-refractivity contribution in [2.75, 3.05) is 12.3 Å². The van der Waals surface area contributed by atoms with E-state index in [4.69, 9.17) is 15.2 Å². The van der Waals surface area contributed by atoms with Crippen LogP contribution in [0.25, 0.3) is 0 Å². The maximum atomic E-state index is 11.9. The fourth-order valence-electron chi connectivity index (χ4n) is 1.82. The second kappa shape index (κ2) is 6.10. The molecule has 0 aliphatic heterocycles. The van der Waals surface area contributed by atoms with Gasteiger partial charge in [0.2, 0.25) is 0 Å². The molecule has 0 heterocycles. The largest absolute Gasteiger partial charge is 0.462 e. The Balaban J connectivity index is 2.40. The number of hydrogen-bond donors (Lipinski definition) is 1. The predicted octanol–water partition coefficient (Wildman–Crippen LogP) is 3.55. The summed E-state index contributed by atoms with van der Waals surface area (Å²) in [6.07, 6.45) is 0. The number of para-hydroxylation sites is 2. The smallest absolute Gasteiger partial charge is 0.342 e. The molecule has 0 aromatic heterocycles. The highest BCUT2D eigenvalue weighted by atomic mass is 16.5. The quantitative estimate of drug-likeness (QED) is 0.682. The molecule has 2 rings (SSSR count). The molecule has 0 amide bonds. The second-order valence-electron chi connectivity index (χ2n) is 4.31. The van der Waals surface area contributed by atoms with E-state index in [1.165, 1.54) is 0 Å². The van der Waals surface area contributed by atoms with Crippen molar-refractivity contribution in [1.29, 1.82) is 0 Å². The lowest BCUT2D eigenvalue weighted by Crippen LogP contribution is -2.08. The third-order valence-corrected chi connectivity index (χ3v) is 2.85. The van der Waals surface area contributed by atoms with Crippen LogP contribution in [0.2, 0.25) is 0 Å². The second-order valence-corrected chi connectivity index (χ2v) is 4.31. The Morgan fingerprint density at radius 1 is 1.15 bits per heavy atom. The molecule has 0 atom stereocenters. The summed E-state index contributed by atoms with van der Waals surface area (Å²) in [5, 5.41) is 0. The van der Waals surface area contributed by atoms with Gasteiger partial charge in [0.05, 0.1) is 12.3 Å². The fraction of sp³-hybridized carbons (Fsp3) is 0.188. The van der Waals surface area contributed by atoms with Crippen LogP contribution in [-0.2, 0) is 4.74 Å². The Bertz CT molecular complexity index is 623. The average Bonchev–Trinajstić information content (AvgIpc) is 2.43. The Labute approximate surface area is 118 Å². The first-order valence-electron chi connectivity index (χ1n) is 6.42. The summed E-state index contributed by atoms with van der Waals surface area (Å²) >= 11 is 0. The Hall–Kier alpha value is -2.49. The minimum atomic E-state index is -0.441. The lowest BCUT2D eigenvalue weighted by Gasteiger charge is -2.14. The normalized spacial score (nSPS) is 10.1. The molecule has 104 valence electrons. The summed E-state index contributed by atoms with van der Waals surface area (Å²) in [6, 6.07) is 12.6. The fourth-order valence-corrected chi connectivity index (χ4v) is 1.82. The van der Waals surface area contributed by atoms with Gasteiger partial charge in [-0.05, 0) is 37.6 Å². The summed E-state index contributed by atoms with van der Waals surface area (Å²) in [4.78, 5) is 11.9. The molecule has 2 aromatic rings. The van der Waals surface area contributed by atoms with E-state index in [1.54, 1.807) is 25.1 Å². The van der Waals surface area contributed by atoms with Gasteiger partial charge in [0, 0.05) is 0 Å². The average molecular weight is 271 g/mol. The van der Waals surface area contributed by atoms with E-state index in [9.17, 15) is 4.79 Å². The van der Waals surface area contributed by atoms with Crippen LogP contribution in [0.5, 0.6) is 11.5 Å². The van der Waals surface area contributed by atoms with E-state index < -0.39 is 5.97 Å². The van der Waals surface area contributed by atoms with E-state index in [2.05, 4.69) is 0 Å². The summed E-state index contributed by atoms with van der Waals surface area (Å²) in [5.41, 5.74) is 7.61. The number of carbonyl (C=O) groups is 1. The summed E-state index contributed by atoms with van der Waals surface area (Å²) < 4.78 is 10.8. The van der Waals surface area contributed by atoms with Crippen molar-refractivity contribution in [1.82, 2.24) is 0 Å². The molecule has 4 heteroatoms. The molecule has 2 N–H and O–H groups in total. The molecule has 0 saturated heterocycles. The lowest BCUT2D eigenvalue weighted by molar-refractivity contribution is 0.0523. The van der Waals surface area contributed by atoms with Crippen LogP contribution in [-0.4, -0.2) is 12.6 Å². The van der Waals surface area contributed by atoms with Crippen molar-refractivity contribution in [3.63, 3.8) is 0 Å². The predicted molar refractivity (Wildman–Crippen MR) is 78.1 cm³/mol. The zero-order valence-electron chi connectivity index (χ0n) is 11.6. The zero-order chi connectivity index (χ0) is 14.5. The standard InChI is InChI=1S/C16H17NO3/c1-3-19-16(18)12-8-6-9-13(17)15(12)20-14-10-5-4-7-11(14)2/h4-10H,3,17H2,1-2H3. The van der Waals surface area contributed by atoms with Gasteiger partial charge in [-0.1, -0.05) is 24.3 Å². The first kappa shape index (κ1) is 13.9. The van der Waals surface area contributed by atoms with Crippen molar-refractivity contribution in [3.8, 4) is 11.5 Å². The van der Waals surface area contributed by atoms with Crippen LogP contribution < -0.4 is 10.5 Å².